The molecule has 0 amide bonds. The molecule has 2 saturated carbocycles. The maximum atomic E-state index is 11.8. The van der Waals surface area contributed by atoms with Gasteiger partial charge in [0.1, 0.15) is 0 Å². The van der Waals surface area contributed by atoms with Crippen molar-refractivity contribution in [2.24, 2.45) is 34.5 Å². The first-order valence-corrected chi connectivity index (χ1v) is 9.42. The van der Waals surface area contributed by atoms with Crippen LogP contribution in [0.2, 0.25) is 0 Å². The second-order valence-corrected chi connectivity index (χ2v) is 8.86. The quantitative estimate of drug-likeness (QED) is 0.640. The molecule has 22 heavy (non-hydrogen) atoms. The molecule has 0 unspecified atom stereocenters. The summed E-state index contributed by atoms with van der Waals surface area (Å²) in [6.45, 7) is 7.42. The zero-order valence-corrected chi connectivity index (χ0v) is 14.4. The zero-order valence-electron chi connectivity index (χ0n) is 14.4. The number of carbonyl (C=O) groups is 1. The molecule has 0 aromatic rings. The van der Waals surface area contributed by atoms with Crippen LogP contribution in [0.15, 0.2) is 23.8 Å². The lowest BCUT2D eigenvalue weighted by molar-refractivity contribution is -0.116. The molecule has 0 bridgehead atoms. The van der Waals surface area contributed by atoms with E-state index < -0.39 is 0 Å². The summed E-state index contributed by atoms with van der Waals surface area (Å²) in [5.41, 5.74) is 2.17. The number of carbonyl (C=O) groups excluding carboxylic acids is 1. The van der Waals surface area contributed by atoms with Crippen molar-refractivity contribution in [2.75, 3.05) is 0 Å². The average Bonchev–Trinajstić information content (AvgIpc) is 2.84. The van der Waals surface area contributed by atoms with Crippen molar-refractivity contribution in [3.8, 4) is 0 Å². The van der Waals surface area contributed by atoms with Gasteiger partial charge in [-0.2, -0.15) is 0 Å². The molecule has 4 aliphatic carbocycles. The van der Waals surface area contributed by atoms with Gasteiger partial charge in [-0.05, 0) is 78.3 Å². The largest absolute Gasteiger partial charge is 0.295 e. The van der Waals surface area contributed by atoms with Crippen LogP contribution < -0.4 is 0 Å². The molecule has 120 valence electrons. The number of fused-ring (bicyclic) bond motifs is 5. The second-order valence-electron chi connectivity index (χ2n) is 8.86. The molecule has 0 aliphatic heterocycles. The molecule has 1 nitrogen and oxygen atoms in total. The molecule has 0 aromatic heterocycles. The molecule has 0 aromatic carbocycles. The Labute approximate surface area is 135 Å². The highest BCUT2D eigenvalue weighted by molar-refractivity contribution is 5.92. The Morgan fingerprint density at radius 1 is 1.14 bits per heavy atom. The monoisotopic (exact) mass is 298 g/mol. The van der Waals surface area contributed by atoms with Crippen molar-refractivity contribution >= 4 is 5.78 Å². The predicted octanol–water partition coefficient (Wildman–Crippen LogP) is 5.32. The Bertz CT molecular complexity index is 556. The van der Waals surface area contributed by atoms with E-state index in [1.807, 2.05) is 6.08 Å². The van der Waals surface area contributed by atoms with E-state index in [9.17, 15) is 4.79 Å². The fourth-order valence-electron chi connectivity index (χ4n) is 6.78. The van der Waals surface area contributed by atoms with E-state index in [2.05, 4.69) is 32.9 Å². The van der Waals surface area contributed by atoms with E-state index >= 15 is 0 Å². The van der Waals surface area contributed by atoms with Crippen molar-refractivity contribution in [3.63, 3.8) is 0 Å². The van der Waals surface area contributed by atoms with Crippen LogP contribution in [-0.2, 0) is 4.79 Å². The molecule has 0 N–H and O–H groups in total. The molecule has 0 spiro atoms. The van der Waals surface area contributed by atoms with Gasteiger partial charge in [0.25, 0.3) is 0 Å². The summed E-state index contributed by atoms with van der Waals surface area (Å²) in [7, 11) is 0. The van der Waals surface area contributed by atoms with Crippen LogP contribution in [0.1, 0.15) is 65.7 Å². The fourth-order valence-corrected chi connectivity index (χ4v) is 6.78. The number of ketones is 1. The summed E-state index contributed by atoms with van der Waals surface area (Å²) < 4.78 is 0. The Kier molecular flexibility index (Phi) is 3.23. The van der Waals surface area contributed by atoms with Crippen molar-refractivity contribution in [1.82, 2.24) is 0 Å². The lowest BCUT2D eigenvalue weighted by atomic mass is 9.48. The van der Waals surface area contributed by atoms with Crippen molar-refractivity contribution in [2.45, 2.75) is 65.7 Å². The van der Waals surface area contributed by atoms with Gasteiger partial charge in [0.05, 0.1) is 0 Å². The van der Waals surface area contributed by atoms with Gasteiger partial charge in [0.15, 0.2) is 5.78 Å². The maximum Gasteiger partial charge on any atom is 0.156 e. The highest BCUT2D eigenvalue weighted by Crippen LogP contribution is 2.65. The summed E-state index contributed by atoms with van der Waals surface area (Å²) >= 11 is 0. The van der Waals surface area contributed by atoms with Gasteiger partial charge in [0, 0.05) is 6.42 Å². The van der Waals surface area contributed by atoms with Crippen LogP contribution >= 0.6 is 0 Å². The molecule has 2 fully saturated rings. The van der Waals surface area contributed by atoms with E-state index in [0.29, 0.717) is 11.2 Å². The molecule has 0 heterocycles. The SMILES string of the molecule is CC[C@H]1CC[C@H]2[C@@H]3C=CC4=CC(=O)CC[C@]4(C)[C@H]3CC[C@]12C. The van der Waals surface area contributed by atoms with E-state index in [1.54, 1.807) is 0 Å². The second kappa shape index (κ2) is 4.82. The van der Waals surface area contributed by atoms with Gasteiger partial charge >= 0.3 is 0 Å². The third-order valence-electron chi connectivity index (χ3n) is 8.20. The summed E-state index contributed by atoms with van der Waals surface area (Å²) in [5.74, 6) is 3.67. The Morgan fingerprint density at radius 2 is 1.95 bits per heavy atom. The zero-order chi connectivity index (χ0) is 15.5. The first-order valence-electron chi connectivity index (χ1n) is 9.42. The maximum absolute atomic E-state index is 11.8. The van der Waals surface area contributed by atoms with Crippen LogP contribution in [0.4, 0.5) is 0 Å². The van der Waals surface area contributed by atoms with Crippen LogP contribution in [0.25, 0.3) is 0 Å². The predicted molar refractivity (Wildman–Crippen MR) is 90.4 cm³/mol. The van der Waals surface area contributed by atoms with Crippen LogP contribution in [0.3, 0.4) is 0 Å². The third-order valence-corrected chi connectivity index (χ3v) is 8.20. The standard InChI is InChI=1S/C21H30O/c1-4-14-6-8-18-17-7-5-15-13-16(22)9-11-21(15,3)19(17)10-12-20(14,18)2/h5,7,13-14,17-19H,4,6,8-12H2,1-3H3/t14-,17-,18-,19-,20+,21-/m0/s1. The van der Waals surface area contributed by atoms with Crippen LogP contribution in [0.5, 0.6) is 0 Å². The first kappa shape index (κ1) is 14.7. The Morgan fingerprint density at radius 3 is 2.73 bits per heavy atom. The van der Waals surface area contributed by atoms with Gasteiger partial charge in [-0.15, -0.1) is 0 Å². The van der Waals surface area contributed by atoms with Gasteiger partial charge in [0.2, 0.25) is 0 Å². The van der Waals surface area contributed by atoms with Crippen LogP contribution in [-0.4, -0.2) is 5.78 Å². The lowest BCUT2D eigenvalue weighted by Crippen LogP contribution is -2.48. The molecule has 0 saturated heterocycles. The molecule has 6 atom stereocenters. The van der Waals surface area contributed by atoms with Crippen molar-refractivity contribution in [1.29, 1.82) is 0 Å². The van der Waals surface area contributed by atoms with Gasteiger partial charge in [-0.25, -0.2) is 0 Å². The number of hydrogen-bond donors (Lipinski definition) is 0. The normalized spacial score (nSPS) is 50.1. The summed E-state index contributed by atoms with van der Waals surface area (Å²) in [6.07, 6.45) is 15.6. The van der Waals surface area contributed by atoms with E-state index in [0.717, 1.165) is 36.5 Å². The molecule has 1 heteroatoms. The molecule has 0 radical (unpaired) electrons. The minimum atomic E-state index is 0.263. The summed E-state index contributed by atoms with van der Waals surface area (Å²) in [6, 6.07) is 0. The van der Waals surface area contributed by atoms with Gasteiger partial charge < -0.3 is 0 Å². The molecular weight excluding hydrogens is 268 g/mol. The van der Waals surface area contributed by atoms with Crippen molar-refractivity contribution in [3.05, 3.63) is 23.8 Å². The average molecular weight is 298 g/mol. The topological polar surface area (TPSA) is 17.1 Å². The van der Waals surface area contributed by atoms with E-state index in [-0.39, 0.29) is 5.41 Å². The van der Waals surface area contributed by atoms with Gasteiger partial charge in [-0.1, -0.05) is 39.3 Å². The van der Waals surface area contributed by atoms with Gasteiger partial charge in [-0.3, -0.25) is 4.79 Å². The third kappa shape index (κ3) is 1.80. The Hall–Kier alpha value is -0.850. The van der Waals surface area contributed by atoms with E-state index in [1.165, 1.54) is 37.7 Å². The molecule has 4 aliphatic rings. The summed E-state index contributed by atoms with van der Waals surface area (Å²) in [5, 5.41) is 0. The number of hydrogen-bond acceptors (Lipinski definition) is 1. The number of rotatable bonds is 1. The lowest BCUT2D eigenvalue weighted by Gasteiger charge is -2.56. The fraction of sp³-hybridized carbons (Fsp3) is 0.762. The smallest absolute Gasteiger partial charge is 0.156 e. The minimum absolute atomic E-state index is 0.263. The van der Waals surface area contributed by atoms with Crippen LogP contribution in [0, 0.1) is 34.5 Å². The number of allylic oxidation sites excluding steroid dienone is 4. The molecule has 4 rings (SSSR count). The van der Waals surface area contributed by atoms with Crippen molar-refractivity contribution < 1.29 is 4.79 Å². The molecular formula is C21H30O. The summed E-state index contributed by atoms with van der Waals surface area (Å²) in [4.78, 5) is 11.8. The minimum Gasteiger partial charge on any atom is -0.295 e. The Balaban J connectivity index is 1.72. The first-order chi connectivity index (χ1) is 10.5. The van der Waals surface area contributed by atoms with E-state index in [4.69, 9.17) is 0 Å². The highest BCUT2D eigenvalue weighted by Gasteiger charge is 2.57. The highest BCUT2D eigenvalue weighted by atomic mass is 16.1.